The van der Waals surface area contributed by atoms with Crippen LogP contribution in [0.5, 0.6) is 0 Å². The highest BCUT2D eigenvalue weighted by atomic mass is 16.5. The van der Waals surface area contributed by atoms with Gasteiger partial charge in [-0.15, -0.1) is 0 Å². The molecule has 2 aliphatic rings. The molecule has 0 amide bonds. The summed E-state index contributed by atoms with van der Waals surface area (Å²) in [6, 6.07) is 10.7. The maximum Gasteiger partial charge on any atom is 0.224 e. The van der Waals surface area contributed by atoms with Crippen molar-refractivity contribution >= 4 is 17.5 Å². The van der Waals surface area contributed by atoms with Crippen LogP contribution in [0.1, 0.15) is 17.7 Å². The van der Waals surface area contributed by atoms with Crippen LogP contribution in [0.4, 0.5) is 17.5 Å². The molecular formula is C20H27N5O. The van der Waals surface area contributed by atoms with Crippen molar-refractivity contribution in [1.29, 1.82) is 0 Å². The first-order chi connectivity index (χ1) is 12.8. The zero-order valence-corrected chi connectivity index (χ0v) is 15.4. The predicted molar refractivity (Wildman–Crippen MR) is 104 cm³/mol. The Morgan fingerprint density at radius 2 is 1.96 bits per heavy atom. The number of hydrogen-bond donors (Lipinski definition) is 1. The molecule has 0 atom stereocenters. The van der Waals surface area contributed by atoms with Crippen molar-refractivity contribution in [2.24, 2.45) is 0 Å². The molecular weight excluding hydrogens is 326 g/mol. The summed E-state index contributed by atoms with van der Waals surface area (Å²) >= 11 is 0. The minimum Gasteiger partial charge on any atom is -0.379 e. The van der Waals surface area contributed by atoms with E-state index in [0.29, 0.717) is 0 Å². The smallest absolute Gasteiger partial charge is 0.224 e. The lowest BCUT2D eigenvalue weighted by Gasteiger charge is -2.30. The van der Waals surface area contributed by atoms with Gasteiger partial charge in [0.05, 0.1) is 13.2 Å². The van der Waals surface area contributed by atoms with E-state index in [0.717, 1.165) is 76.2 Å². The Labute approximate surface area is 155 Å². The minimum atomic E-state index is 0.719. The Balaban J connectivity index is 1.46. The standard InChI is InChI=1S/C20H27N5O/c1-16-15-19(25-9-4-6-17-5-2-3-7-18(17)25)23-20(22-16)21-8-10-24-11-13-26-14-12-24/h2-3,5,7,15H,4,6,8-14H2,1H3,(H,21,22,23). The summed E-state index contributed by atoms with van der Waals surface area (Å²) in [5.74, 6) is 1.70. The van der Waals surface area contributed by atoms with Gasteiger partial charge in [0.15, 0.2) is 0 Å². The van der Waals surface area contributed by atoms with Crippen molar-refractivity contribution in [1.82, 2.24) is 14.9 Å². The Morgan fingerprint density at radius 3 is 2.85 bits per heavy atom. The number of nitrogens with one attached hydrogen (secondary N) is 1. The van der Waals surface area contributed by atoms with Crippen molar-refractivity contribution in [2.45, 2.75) is 19.8 Å². The number of morpholine rings is 1. The average Bonchev–Trinajstić information content (AvgIpc) is 2.68. The monoisotopic (exact) mass is 353 g/mol. The molecule has 2 aliphatic heterocycles. The van der Waals surface area contributed by atoms with Crippen LogP contribution in [0, 0.1) is 6.92 Å². The van der Waals surface area contributed by atoms with E-state index in [1.807, 2.05) is 6.92 Å². The highest BCUT2D eigenvalue weighted by Gasteiger charge is 2.19. The summed E-state index contributed by atoms with van der Waals surface area (Å²) in [6.07, 6.45) is 2.29. The molecule has 138 valence electrons. The number of ether oxygens (including phenoxy) is 1. The quantitative estimate of drug-likeness (QED) is 0.892. The second kappa shape index (κ2) is 8.01. The lowest BCUT2D eigenvalue weighted by atomic mass is 10.0. The van der Waals surface area contributed by atoms with Gasteiger partial charge in [-0.25, -0.2) is 4.98 Å². The molecule has 0 unspecified atom stereocenters. The van der Waals surface area contributed by atoms with E-state index in [-0.39, 0.29) is 0 Å². The molecule has 4 rings (SSSR count). The van der Waals surface area contributed by atoms with E-state index in [2.05, 4.69) is 50.4 Å². The second-order valence-corrected chi connectivity index (χ2v) is 6.96. The van der Waals surface area contributed by atoms with E-state index in [1.54, 1.807) is 0 Å². The van der Waals surface area contributed by atoms with E-state index in [9.17, 15) is 0 Å². The van der Waals surface area contributed by atoms with E-state index in [4.69, 9.17) is 9.72 Å². The zero-order chi connectivity index (χ0) is 17.8. The fourth-order valence-electron chi connectivity index (χ4n) is 3.69. The number of aryl methyl sites for hydroxylation is 2. The van der Waals surface area contributed by atoms with Gasteiger partial charge in [0.1, 0.15) is 5.82 Å². The summed E-state index contributed by atoms with van der Waals surface area (Å²) in [7, 11) is 0. The van der Waals surface area contributed by atoms with Gasteiger partial charge in [0.25, 0.3) is 0 Å². The van der Waals surface area contributed by atoms with Gasteiger partial charge >= 0.3 is 0 Å². The summed E-state index contributed by atoms with van der Waals surface area (Å²) in [5, 5.41) is 3.40. The SMILES string of the molecule is Cc1cc(N2CCCc3ccccc32)nc(NCCN2CCOCC2)n1. The highest BCUT2D eigenvalue weighted by Crippen LogP contribution is 2.32. The molecule has 0 spiro atoms. The van der Waals surface area contributed by atoms with Crippen molar-refractivity contribution in [3.05, 3.63) is 41.6 Å². The van der Waals surface area contributed by atoms with E-state index < -0.39 is 0 Å². The van der Waals surface area contributed by atoms with Gasteiger partial charge in [-0.05, 0) is 31.4 Å². The third-order valence-corrected chi connectivity index (χ3v) is 5.04. The Kier molecular flexibility index (Phi) is 5.32. The Morgan fingerprint density at radius 1 is 1.12 bits per heavy atom. The second-order valence-electron chi connectivity index (χ2n) is 6.96. The number of fused-ring (bicyclic) bond motifs is 1. The van der Waals surface area contributed by atoms with Crippen LogP contribution in [0.3, 0.4) is 0 Å². The minimum absolute atomic E-state index is 0.719. The molecule has 26 heavy (non-hydrogen) atoms. The largest absolute Gasteiger partial charge is 0.379 e. The number of para-hydroxylation sites is 1. The molecule has 0 aliphatic carbocycles. The fraction of sp³-hybridized carbons (Fsp3) is 0.500. The molecule has 2 aromatic rings. The molecule has 1 N–H and O–H groups in total. The zero-order valence-electron chi connectivity index (χ0n) is 15.4. The van der Waals surface area contributed by atoms with Crippen LogP contribution >= 0.6 is 0 Å². The number of nitrogens with zero attached hydrogens (tertiary/aromatic N) is 4. The van der Waals surface area contributed by atoms with Gasteiger partial charge in [-0.2, -0.15) is 4.98 Å². The molecule has 3 heterocycles. The topological polar surface area (TPSA) is 53.5 Å². The maximum absolute atomic E-state index is 5.40. The van der Waals surface area contributed by atoms with Crippen LogP contribution in [-0.2, 0) is 11.2 Å². The average molecular weight is 353 g/mol. The first-order valence-corrected chi connectivity index (χ1v) is 9.55. The van der Waals surface area contributed by atoms with Crippen LogP contribution < -0.4 is 10.2 Å². The molecule has 0 saturated carbocycles. The van der Waals surface area contributed by atoms with Crippen LogP contribution in [0.2, 0.25) is 0 Å². The lowest BCUT2D eigenvalue weighted by Crippen LogP contribution is -2.39. The third kappa shape index (κ3) is 3.97. The molecule has 6 nitrogen and oxygen atoms in total. The summed E-state index contributed by atoms with van der Waals surface area (Å²) in [5.41, 5.74) is 3.67. The predicted octanol–water partition coefficient (Wildman–Crippen LogP) is 2.61. The normalized spacial score (nSPS) is 17.8. The van der Waals surface area contributed by atoms with Crippen LogP contribution in [-0.4, -0.2) is 60.8 Å². The van der Waals surface area contributed by atoms with Crippen molar-refractivity contribution in [3.63, 3.8) is 0 Å². The number of aromatic nitrogens is 2. The summed E-state index contributed by atoms with van der Waals surface area (Å²) in [6.45, 7) is 8.55. The van der Waals surface area contributed by atoms with Gasteiger partial charge in [-0.1, -0.05) is 18.2 Å². The number of benzene rings is 1. The van der Waals surface area contributed by atoms with Gasteiger partial charge in [0, 0.05) is 50.2 Å². The Bertz CT molecular complexity index is 745. The number of hydrogen-bond acceptors (Lipinski definition) is 6. The summed E-state index contributed by atoms with van der Waals surface area (Å²) in [4.78, 5) is 14.1. The first-order valence-electron chi connectivity index (χ1n) is 9.55. The molecule has 0 radical (unpaired) electrons. The van der Waals surface area contributed by atoms with Gasteiger partial charge in [-0.3, -0.25) is 4.90 Å². The number of anilines is 3. The highest BCUT2D eigenvalue weighted by molar-refractivity contribution is 5.66. The Hall–Kier alpha value is -2.18. The van der Waals surface area contributed by atoms with E-state index >= 15 is 0 Å². The first kappa shape index (κ1) is 17.2. The summed E-state index contributed by atoms with van der Waals surface area (Å²) < 4.78 is 5.40. The lowest BCUT2D eigenvalue weighted by molar-refractivity contribution is 0.0398. The fourth-order valence-corrected chi connectivity index (χ4v) is 3.69. The molecule has 0 bridgehead atoms. The van der Waals surface area contributed by atoms with Crippen molar-refractivity contribution < 1.29 is 4.74 Å². The molecule has 1 saturated heterocycles. The van der Waals surface area contributed by atoms with Crippen LogP contribution in [0.15, 0.2) is 30.3 Å². The maximum atomic E-state index is 5.40. The molecule has 6 heteroatoms. The van der Waals surface area contributed by atoms with E-state index in [1.165, 1.54) is 11.3 Å². The third-order valence-electron chi connectivity index (χ3n) is 5.04. The molecule has 1 fully saturated rings. The van der Waals surface area contributed by atoms with Crippen LogP contribution in [0.25, 0.3) is 0 Å². The molecule has 1 aromatic heterocycles. The van der Waals surface area contributed by atoms with Crippen molar-refractivity contribution in [3.8, 4) is 0 Å². The number of rotatable bonds is 5. The van der Waals surface area contributed by atoms with Crippen molar-refractivity contribution in [2.75, 3.05) is 56.2 Å². The van der Waals surface area contributed by atoms with Gasteiger partial charge < -0.3 is 15.0 Å². The molecule has 1 aromatic carbocycles. The van der Waals surface area contributed by atoms with Gasteiger partial charge in [0.2, 0.25) is 5.95 Å².